The van der Waals surface area contributed by atoms with Crippen LogP contribution in [0.3, 0.4) is 0 Å². The largest absolute Gasteiger partial charge is 0.381 e. The Morgan fingerprint density at radius 1 is 1.47 bits per heavy atom. The van der Waals surface area contributed by atoms with Crippen molar-refractivity contribution >= 4 is 5.91 Å². The molecule has 0 spiro atoms. The fourth-order valence-corrected chi connectivity index (χ4v) is 2.36. The lowest BCUT2D eigenvalue weighted by atomic mass is 9.96. The molecule has 100 valence electrons. The number of piperidine rings is 1. The first kappa shape index (κ1) is 14.5. The highest BCUT2D eigenvalue weighted by Crippen LogP contribution is 2.19. The van der Waals surface area contributed by atoms with Crippen molar-refractivity contribution in [2.75, 3.05) is 19.8 Å². The molecule has 0 aromatic rings. The first-order valence-corrected chi connectivity index (χ1v) is 6.79. The Labute approximate surface area is 104 Å². The van der Waals surface area contributed by atoms with Crippen LogP contribution in [0.15, 0.2) is 0 Å². The molecule has 2 N–H and O–H groups in total. The van der Waals surface area contributed by atoms with E-state index in [-0.39, 0.29) is 18.0 Å². The van der Waals surface area contributed by atoms with Crippen molar-refractivity contribution in [1.82, 2.24) is 4.90 Å². The molecule has 1 aliphatic rings. The Kier molecular flexibility index (Phi) is 6.52. The molecule has 4 nitrogen and oxygen atoms in total. The zero-order valence-corrected chi connectivity index (χ0v) is 11.2. The molecule has 4 heteroatoms. The van der Waals surface area contributed by atoms with Crippen molar-refractivity contribution < 1.29 is 9.53 Å². The molecule has 2 unspecified atom stereocenters. The minimum atomic E-state index is 0.0656. The van der Waals surface area contributed by atoms with Gasteiger partial charge in [-0.15, -0.1) is 0 Å². The summed E-state index contributed by atoms with van der Waals surface area (Å²) in [6, 6.07) is 0.290. The number of nitrogens with zero attached hydrogens (tertiary/aromatic N) is 1. The molecule has 1 rings (SSSR count). The van der Waals surface area contributed by atoms with E-state index in [0.29, 0.717) is 13.0 Å². The number of carbonyl (C=O) groups excluding carboxylic acids is 1. The minimum absolute atomic E-state index is 0.0656. The smallest absolute Gasteiger partial charge is 0.225 e. The molecule has 1 saturated heterocycles. The third-order valence-corrected chi connectivity index (χ3v) is 3.29. The van der Waals surface area contributed by atoms with E-state index in [1.807, 2.05) is 11.8 Å². The normalized spacial score (nSPS) is 22.5. The van der Waals surface area contributed by atoms with E-state index >= 15 is 0 Å². The van der Waals surface area contributed by atoms with Gasteiger partial charge < -0.3 is 15.4 Å². The van der Waals surface area contributed by atoms with E-state index < -0.39 is 0 Å². The van der Waals surface area contributed by atoms with E-state index in [2.05, 4.69) is 6.92 Å². The number of hydrogen-bond donors (Lipinski definition) is 1. The Hall–Kier alpha value is -0.610. The van der Waals surface area contributed by atoms with Crippen LogP contribution < -0.4 is 5.73 Å². The Morgan fingerprint density at radius 2 is 2.24 bits per heavy atom. The average molecular weight is 242 g/mol. The van der Waals surface area contributed by atoms with Gasteiger partial charge in [0.2, 0.25) is 5.91 Å². The average Bonchev–Trinajstić information content (AvgIpc) is 2.34. The van der Waals surface area contributed by atoms with Gasteiger partial charge >= 0.3 is 0 Å². The summed E-state index contributed by atoms with van der Waals surface area (Å²) in [5.41, 5.74) is 5.95. The van der Waals surface area contributed by atoms with Crippen LogP contribution in [0.25, 0.3) is 0 Å². The maximum absolute atomic E-state index is 12.1. The summed E-state index contributed by atoms with van der Waals surface area (Å²) in [4.78, 5) is 14.0. The van der Waals surface area contributed by atoms with E-state index in [0.717, 1.165) is 32.4 Å². The van der Waals surface area contributed by atoms with Crippen LogP contribution in [0.5, 0.6) is 0 Å². The molecule has 0 bridgehead atoms. The zero-order chi connectivity index (χ0) is 12.7. The van der Waals surface area contributed by atoms with Crippen molar-refractivity contribution in [3.8, 4) is 0 Å². The van der Waals surface area contributed by atoms with Gasteiger partial charge in [0.1, 0.15) is 0 Å². The third-order valence-electron chi connectivity index (χ3n) is 3.29. The monoisotopic (exact) mass is 242 g/mol. The van der Waals surface area contributed by atoms with Gasteiger partial charge in [-0.1, -0.05) is 6.92 Å². The molecule has 0 aromatic carbocycles. The summed E-state index contributed by atoms with van der Waals surface area (Å²) >= 11 is 0. The number of amides is 1. The van der Waals surface area contributed by atoms with Gasteiger partial charge in [0.05, 0.1) is 13.0 Å². The van der Waals surface area contributed by atoms with Gasteiger partial charge in [0.15, 0.2) is 0 Å². The van der Waals surface area contributed by atoms with Crippen LogP contribution in [0.1, 0.15) is 46.0 Å². The Balaban J connectivity index is 2.36. The van der Waals surface area contributed by atoms with Crippen LogP contribution in [-0.4, -0.2) is 42.6 Å². The quantitative estimate of drug-likeness (QED) is 0.719. The van der Waals surface area contributed by atoms with Crippen molar-refractivity contribution in [2.45, 2.75) is 58.0 Å². The summed E-state index contributed by atoms with van der Waals surface area (Å²) in [5, 5.41) is 0. The summed E-state index contributed by atoms with van der Waals surface area (Å²) in [6.07, 6.45) is 4.82. The van der Waals surface area contributed by atoms with E-state index in [1.165, 1.54) is 6.42 Å². The molecule has 1 heterocycles. The van der Waals surface area contributed by atoms with Crippen LogP contribution >= 0.6 is 0 Å². The predicted molar refractivity (Wildman–Crippen MR) is 68.7 cm³/mol. The molecular weight excluding hydrogens is 216 g/mol. The van der Waals surface area contributed by atoms with Crippen molar-refractivity contribution in [1.29, 1.82) is 0 Å². The Morgan fingerprint density at radius 3 is 2.88 bits per heavy atom. The van der Waals surface area contributed by atoms with Crippen molar-refractivity contribution in [2.24, 2.45) is 5.73 Å². The topological polar surface area (TPSA) is 55.6 Å². The van der Waals surface area contributed by atoms with Crippen LogP contribution in [0.4, 0.5) is 0 Å². The number of ether oxygens (including phenoxy) is 1. The fourth-order valence-electron chi connectivity index (χ4n) is 2.36. The maximum Gasteiger partial charge on any atom is 0.225 e. The molecule has 1 fully saturated rings. The van der Waals surface area contributed by atoms with Crippen LogP contribution in [0, 0.1) is 0 Å². The molecule has 1 amide bonds. The summed E-state index contributed by atoms with van der Waals surface area (Å²) < 4.78 is 5.36. The second-order valence-corrected chi connectivity index (χ2v) is 4.87. The Bertz CT molecular complexity index is 231. The lowest BCUT2D eigenvalue weighted by Crippen LogP contribution is -2.51. The number of hydrogen-bond acceptors (Lipinski definition) is 3. The van der Waals surface area contributed by atoms with Crippen LogP contribution in [-0.2, 0) is 9.53 Å². The highest BCUT2D eigenvalue weighted by molar-refractivity contribution is 5.76. The summed E-state index contributed by atoms with van der Waals surface area (Å²) in [7, 11) is 0. The number of carbonyl (C=O) groups is 1. The third kappa shape index (κ3) is 4.64. The van der Waals surface area contributed by atoms with E-state index in [1.54, 1.807) is 0 Å². The molecule has 0 aliphatic carbocycles. The van der Waals surface area contributed by atoms with Gasteiger partial charge in [0, 0.05) is 25.2 Å². The predicted octanol–water partition coefficient (Wildman–Crippen LogP) is 1.53. The van der Waals surface area contributed by atoms with E-state index in [4.69, 9.17) is 10.5 Å². The zero-order valence-electron chi connectivity index (χ0n) is 11.2. The minimum Gasteiger partial charge on any atom is -0.381 e. The summed E-state index contributed by atoms with van der Waals surface area (Å²) in [5.74, 6) is 0.197. The number of nitrogens with two attached hydrogens (primary N) is 1. The van der Waals surface area contributed by atoms with Gasteiger partial charge in [0.25, 0.3) is 0 Å². The van der Waals surface area contributed by atoms with E-state index in [9.17, 15) is 4.79 Å². The lowest BCUT2D eigenvalue weighted by Gasteiger charge is -2.38. The standard InChI is InChI=1S/C13H26N2O2/c1-3-9-17-10-7-13(16)15-8-5-4-6-12(15)11(2)14/h11-12H,3-10,14H2,1-2H3. The second-order valence-electron chi connectivity index (χ2n) is 4.87. The van der Waals surface area contributed by atoms with Crippen molar-refractivity contribution in [3.63, 3.8) is 0 Å². The van der Waals surface area contributed by atoms with Gasteiger partial charge in [-0.25, -0.2) is 0 Å². The highest BCUT2D eigenvalue weighted by Gasteiger charge is 2.28. The van der Waals surface area contributed by atoms with Gasteiger partial charge in [-0.2, -0.15) is 0 Å². The SMILES string of the molecule is CCCOCCC(=O)N1CCCCC1C(C)N. The molecule has 0 saturated carbocycles. The molecular formula is C13H26N2O2. The number of rotatable bonds is 6. The fraction of sp³-hybridized carbons (Fsp3) is 0.923. The lowest BCUT2D eigenvalue weighted by molar-refractivity contribution is -0.136. The van der Waals surface area contributed by atoms with Crippen LogP contribution in [0.2, 0.25) is 0 Å². The first-order valence-electron chi connectivity index (χ1n) is 6.79. The first-order chi connectivity index (χ1) is 8.16. The van der Waals surface area contributed by atoms with Crippen molar-refractivity contribution in [3.05, 3.63) is 0 Å². The number of likely N-dealkylation sites (tertiary alicyclic amines) is 1. The molecule has 1 aliphatic heterocycles. The highest BCUT2D eigenvalue weighted by atomic mass is 16.5. The molecule has 0 aromatic heterocycles. The van der Waals surface area contributed by atoms with Gasteiger partial charge in [-0.3, -0.25) is 4.79 Å². The molecule has 17 heavy (non-hydrogen) atoms. The molecule has 0 radical (unpaired) electrons. The van der Waals surface area contributed by atoms with Gasteiger partial charge in [-0.05, 0) is 32.6 Å². The molecule has 2 atom stereocenters. The summed E-state index contributed by atoms with van der Waals surface area (Å²) in [6.45, 7) is 6.19. The maximum atomic E-state index is 12.1. The second kappa shape index (κ2) is 7.67.